The lowest BCUT2D eigenvalue weighted by molar-refractivity contribution is -0.137. The number of imidazole rings is 1. The summed E-state index contributed by atoms with van der Waals surface area (Å²) in [6.07, 6.45) is -1.33. The maximum absolute atomic E-state index is 15.4. The van der Waals surface area contributed by atoms with Crippen molar-refractivity contribution in [1.29, 1.82) is 5.41 Å². The third kappa shape index (κ3) is 39.7. The van der Waals surface area contributed by atoms with Crippen molar-refractivity contribution in [2.75, 3.05) is 37.7 Å². The molecular formula is C91H130N24O22S. The highest BCUT2D eigenvalue weighted by Crippen LogP contribution is 2.22. The Hall–Kier alpha value is -14.7. The van der Waals surface area contributed by atoms with Crippen molar-refractivity contribution >= 4 is 124 Å². The molecule has 1 aliphatic rings. The van der Waals surface area contributed by atoms with E-state index in [-0.39, 0.29) is 112 Å². The molecule has 1 saturated heterocycles. The van der Waals surface area contributed by atoms with Gasteiger partial charge in [0.25, 0.3) is 0 Å². The zero-order valence-electron chi connectivity index (χ0n) is 77.8. The number of nitrogens with zero attached hydrogens (tertiary/aromatic N) is 1. The molecule has 752 valence electrons. The zero-order chi connectivity index (χ0) is 102. The lowest BCUT2D eigenvalue weighted by Crippen LogP contribution is -2.62. The number of H-pyrrole nitrogens is 1. The molecule has 47 heteroatoms. The lowest BCUT2D eigenvalue weighted by Gasteiger charge is -2.30. The van der Waals surface area contributed by atoms with E-state index >= 15 is 43.2 Å². The van der Waals surface area contributed by atoms with E-state index in [0.717, 1.165) is 11.8 Å². The van der Waals surface area contributed by atoms with E-state index in [1.54, 1.807) is 41.5 Å². The number of aromatic hydroxyl groups is 4. The molecule has 0 bridgehead atoms. The fourth-order valence-corrected chi connectivity index (χ4v) is 15.2. The van der Waals surface area contributed by atoms with Gasteiger partial charge in [-0.1, -0.05) is 103 Å². The first-order valence-corrected chi connectivity index (χ1v) is 46.5. The van der Waals surface area contributed by atoms with Gasteiger partial charge in [-0.05, 0) is 146 Å². The molecule has 138 heavy (non-hydrogen) atoms. The van der Waals surface area contributed by atoms with Crippen LogP contribution in [0.3, 0.4) is 0 Å². The smallest absolute Gasteiger partial charge is 0.243 e. The van der Waals surface area contributed by atoms with Crippen LogP contribution in [0.4, 0.5) is 0 Å². The van der Waals surface area contributed by atoms with Crippen LogP contribution in [-0.2, 0) is 118 Å². The molecule has 1 aromatic heterocycles. The third-order valence-electron chi connectivity index (χ3n) is 22.4. The van der Waals surface area contributed by atoms with Crippen LogP contribution in [-0.4, -0.2) is 259 Å². The number of aromatic amines is 1. The lowest BCUT2D eigenvalue weighted by atomic mass is 9.96. The van der Waals surface area contributed by atoms with Gasteiger partial charge in [0.1, 0.15) is 102 Å². The van der Waals surface area contributed by atoms with E-state index in [4.69, 9.17) is 34.1 Å². The fraction of sp³-hybridized carbons (Fsp3) is 0.495. The fourth-order valence-electron chi connectivity index (χ4n) is 14.4. The van der Waals surface area contributed by atoms with Gasteiger partial charge in [-0.3, -0.25) is 91.7 Å². The SMILES string of the molecule is CC[C@H](C)[C@@H]1NC(=O)[C@H](Cc2c[nH]cn2)NC(=O)[C@H](Cc2ccc(O)cc2)NC(=O)CSC[C@@H](C(=O)NCC(N)=O)NC(=O)CNC(=O)[C@H](CC(C)C)NC(=O)[C@H](CCCCN)NC(=O)[C@H](CCC(N)=O)NC(=O)[C@H](Cc2ccc(O)cc2)NC(=O)[C@H]([C@@H](C)CC)NC(=O)[C@H](CCC(N)=O)NC(=O)[C@H](CCCNC(=N)N)NC(=O)[C@H](Cc2ccc(O)cc2)NC(=O)[C@H](Cc2ccc(O)cc2)NC1=O. The standard InChI is InChI=1S/C91H130N24O22S/c1-7-49(5)76-89(136)112-67(39-53-18-26-58(118)27-19-53)86(133)108-62(30-32-71(93)120)82(129)105-60(12-9-10-34-92)81(128)109-64(36-48(3)4)78(125)101-44-74(123)104-70(79(126)100-43-73(95)122)45-138-46-75(124)103-65(37-51-14-22-56(116)23-15-51)84(131)111-69(41-55-42-98-47-102-55)88(135)115-77(50(6)8-2)90(137)113-68(40-54-20-28-59(119)29-21-54)87(134)110-66(38-52-16-24-57(117)25-17-52)85(132)106-61(13-11-35-99-91(96)97)80(127)107-63(83(130)114-76)31-33-72(94)121/h14-29,42,47-50,60-70,76-77,116-119H,7-13,30-41,43-46,92H2,1-6H3,(H2,93,120)(H2,94,121)(H2,95,122)(H,98,102)(H,100,126)(H,101,125)(H,103,124)(H,104,123)(H,105,129)(H,106,132)(H,107,127)(H,108,133)(H,109,128)(H,110,134)(H,111,131)(H,112,136)(H,113,137)(H,114,130)(H,115,135)(H4,96,97,99)/t49-,50-,60-,61-,62-,63-,64-,65-,66-,67-,68-,69-,70-,76-,77-/m0/s1. The van der Waals surface area contributed by atoms with Crippen molar-refractivity contribution in [1.82, 2.24) is 95.0 Å². The number of rotatable bonds is 33. The molecule has 0 spiro atoms. The van der Waals surface area contributed by atoms with Crippen LogP contribution in [0, 0.1) is 23.2 Å². The number of unbranched alkanes of at least 4 members (excludes halogenated alkanes) is 1. The minimum absolute atomic E-state index is 0.0633. The first-order valence-electron chi connectivity index (χ1n) is 45.3. The number of phenols is 4. The molecule has 0 aliphatic carbocycles. The van der Waals surface area contributed by atoms with Gasteiger partial charge in [0.05, 0.1) is 30.9 Å². The number of hydrogen-bond acceptors (Lipinski definition) is 26. The third-order valence-corrected chi connectivity index (χ3v) is 23.5. The first-order chi connectivity index (χ1) is 65.5. The zero-order valence-corrected chi connectivity index (χ0v) is 78.6. The molecule has 1 fully saturated rings. The molecule has 5 aromatic rings. The van der Waals surface area contributed by atoms with E-state index in [2.05, 4.69) is 95.0 Å². The summed E-state index contributed by atoms with van der Waals surface area (Å²) < 4.78 is 0. The van der Waals surface area contributed by atoms with Crippen molar-refractivity contribution in [2.45, 2.75) is 229 Å². The number of nitrogens with one attached hydrogen (secondary N) is 18. The number of carbonyl (C=O) groups is 18. The highest BCUT2D eigenvalue weighted by Gasteiger charge is 2.41. The van der Waals surface area contributed by atoms with Crippen molar-refractivity contribution in [3.63, 3.8) is 0 Å². The van der Waals surface area contributed by atoms with Gasteiger partial charge in [-0.25, -0.2) is 4.98 Å². The Kier molecular flexibility index (Phi) is 46.5. The summed E-state index contributed by atoms with van der Waals surface area (Å²) in [5.41, 5.74) is 29.6. The average molecular weight is 1940 g/mol. The molecule has 0 unspecified atom stereocenters. The topological polar surface area (TPSA) is 763 Å². The number of benzene rings is 4. The van der Waals surface area contributed by atoms with Crippen LogP contribution < -0.4 is 114 Å². The Morgan fingerprint density at radius 3 is 1.14 bits per heavy atom. The van der Waals surface area contributed by atoms with Crippen molar-refractivity contribution in [3.05, 3.63) is 138 Å². The Labute approximate surface area is 801 Å². The average Bonchev–Trinajstić information content (AvgIpc) is 1.67. The number of thioether (sulfide) groups is 1. The normalized spacial score (nSPS) is 22.5. The van der Waals surface area contributed by atoms with E-state index in [9.17, 15) is 63.6 Å². The molecular weight excluding hydrogens is 1810 g/mol. The number of guanidine groups is 1. The molecule has 2 heterocycles. The molecule has 32 N–H and O–H groups in total. The predicted octanol–water partition coefficient (Wildman–Crippen LogP) is -4.43. The Balaban J connectivity index is 1.51. The summed E-state index contributed by atoms with van der Waals surface area (Å²) >= 11 is 0.743. The van der Waals surface area contributed by atoms with Crippen LogP contribution >= 0.6 is 11.8 Å². The minimum Gasteiger partial charge on any atom is -0.508 e. The van der Waals surface area contributed by atoms with Crippen molar-refractivity contribution in [2.24, 2.45) is 46.4 Å². The number of nitrogens with two attached hydrogens (primary N) is 5. The number of amides is 18. The molecule has 0 radical (unpaired) electrons. The quantitative estimate of drug-likeness (QED) is 0.0107. The van der Waals surface area contributed by atoms with Gasteiger partial charge in [0.2, 0.25) is 106 Å². The van der Waals surface area contributed by atoms with Crippen LogP contribution in [0.1, 0.15) is 147 Å². The van der Waals surface area contributed by atoms with Gasteiger partial charge < -0.3 is 139 Å². The van der Waals surface area contributed by atoms with Crippen LogP contribution in [0.25, 0.3) is 0 Å². The van der Waals surface area contributed by atoms with E-state index in [1.807, 2.05) is 0 Å². The van der Waals surface area contributed by atoms with Gasteiger partial charge in [0, 0.05) is 63.4 Å². The molecule has 6 rings (SSSR count). The van der Waals surface area contributed by atoms with E-state index in [0.29, 0.717) is 28.7 Å². The minimum atomic E-state index is -1.80. The summed E-state index contributed by atoms with van der Waals surface area (Å²) in [6, 6.07) is 0.265. The number of aromatic nitrogens is 2. The predicted molar refractivity (Wildman–Crippen MR) is 504 cm³/mol. The summed E-state index contributed by atoms with van der Waals surface area (Å²) in [5.74, 6) is -22.6. The first kappa shape index (κ1) is 112. The maximum atomic E-state index is 15.4. The highest BCUT2D eigenvalue weighted by molar-refractivity contribution is 8.00. The summed E-state index contributed by atoms with van der Waals surface area (Å²) in [6.45, 7) is 8.31. The summed E-state index contributed by atoms with van der Waals surface area (Å²) in [7, 11) is 0. The van der Waals surface area contributed by atoms with Crippen LogP contribution in [0.15, 0.2) is 110 Å². The molecule has 1 aliphatic heterocycles. The second-order valence-electron chi connectivity index (χ2n) is 34.1. The van der Waals surface area contributed by atoms with Crippen molar-refractivity contribution in [3.8, 4) is 23.0 Å². The molecule has 0 saturated carbocycles. The Morgan fingerprint density at radius 2 is 0.775 bits per heavy atom. The monoisotopic (exact) mass is 1940 g/mol. The maximum Gasteiger partial charge on any atom is 0.243 e. The van der Waals surface area contributed by atoms with Gasteiger partial charge >= 0.3 is 0 Å². The molecule has 4 aromatic carbocycles. The highest BCUT2D eigenvalue weighted by atomic mass is 32.2. The largest absolute Gasteiger partial charge is 0.508 e. The Morgan fingerprint density at radius 1 is 0.420 bits per heavy atom. The summed E-state index contributed by atoms with van der Waals surface area (Å²) in [5, 5.41) is 90.8. The van der Waals surface area contributed by atoms with Gasteiger partial charge in [-0.15, -0.1) is 11.8 Å². The Bertz CT molecular complexity index is 4980. The van der Waals surface area contributed by atoms with Gasteiger partial charge in [0.15, 0.2) is 5.96 Å². The molecule has 15 atom stereocenters. The summed E-state index contributed by atoms with van der Waals surface area (Å²) in [4.78, 5) is 267. The molecule has 18 amide bonds. The second kappa shape index (κ2) is 57.3. The number of hydrogen-bond donors (Lipinski definition) is 27. The van der Waals surface area contributed by atoms with E-state index in [1.165, 1.54) is 110 Å². The molecule has 46 nitrogen and oxygen atoms in total. The van der Waals surface area contributed by atoms with Crippen molar-refractivity contribution < 1.29 is 107 Å². The van der Waals surface area contributed by atoms with E-state index < -0.39 is 266 Å². The second-order valence-corrected chi connectivity index (χ2v) is 35.1. The van der Waals surface area contributed by atoms with Crippen LogP contribution in [0.2, 0.25) is 0 Å². The number of carbonyl (C=O) groups excluding carboxylic acids is 18. The van der Waals surface area contributed by atoms with Crippen LogP contribution in [0.5, 0.6) is 23.0 Å². The number of phenolic OH excluding ortho intramolecular Hbond substituents is 4. The van der Waals surface area contributed by atoms with Gasteiger partial charge in [-0.2, -0.15) is 0 Å². The number of primary amides is 3.